The summed E-state index contributed by atoms with van der Waals surface area (Å²) >= 11 is 7.73. The first-order valence-corrected chi connectivity index (χ1v) is 10.4. The normalized spacial score (nSPS) is 12.8. The van der Waals surface area contributed by atoms with Crippen molar-refractivity contribution in [2.45, 2.75) is 30.2 Å². The van der Waals surface area contributed by atoms with Crippen LogP contribution in [-0.4, -0.2) is 11.1 Å². The second kappa shape index (κ2) is 9.29. The summed E-state index contributed by atoms with van der Waals surface area (Å²) in [4.78, 5) is 23.8. The number of rotatable bonds is 6. The highest BCUT2D eigenvalue weighted by molar-refractivity contribution is 8.13. The molecule has 1 unspecified atom stereocenters. The second-order valence-electron chi connectivity index (χ2n) is 6.74. The Labute approximate surface area is 180 Å². The zero-order valence-corrected chi connectivity index (χ0v) is 17.8. The molecule has 0 aliphatic rings. The van der Waals surface area contributed by atoms with E-state index in [1.54, 1.807) is 13.0 Å². The molecule has 0 radical (unpaired) electrons. The van der Waals surface area contributed by atoms with Crippen molar-refractivity contribution in [1.82, 2.24) is 0 Å². The third-order valence-corrected chi connectivity index (χ3v) is 5.65. The van der Waals surface area contributed by atoms with Gasteiger partial charge in [-0.1, -0.05) is 84.6 Å². The summed E-state index contributed by atoms with van der Waals surface area (Å²) in [6, 6.07) is 24.8. The van der Waals surface area contributed by atoms with Gasteiger partial charge in [0.1, 0.15) is 6.61 Å². The SMILES string of the molecule is CC(=O)Sc1cc(-c2ccccc2)ccc1C(C)(Cl)C(=O)OCc1ccccc1. The third kappa shape index (κ3) is 5.28. The van der Waals surface area contributed by atoms with Crippen LogP contribution < -0.4 is 0 Å². The van der Waals surface area contributed by atoms with Crippen LogP contribution in [0.5, 0.6) is 0 Å². The Bertz CT molecular complexity index is 1000. The fraction of sp³-hybridized carbons (Fsp3) is 0.167. The van der Waals surface area contributed by atoms with E-state index in [0.29, 0.717) is 10.5 Å². The molecule has 3 nitrogen and oxygen atoms in total. The van der Waals surface area contributed by atoms with Crippen LogP contribution in [0.4, 0.5) is 0 Å². The zero-order valence-electron chi connectivity index (χ0n) is 16.2. The first-order valence-electron chi connectivity index (χ1n) is 9.16. The van der Waals surface area contributed by atoms with E-state index in [1.807, 2.05) is 72.8 Å². The number of esters is 1. The van der Waals surface area contributed by atoms with Gasteiger partial charge in [0.05, 0.1) is 0 Å². The Kier molecular flexibility index (Phi) is 6.78. The maximum absolute atomic E-state index is 12.8. The minimum absolute atomic E-state index is 0.0819. The monoisotopic (exact) mass is 424 g/mol. The molecular formula is C24H21ClO3S. The molecule has 0 N–H and O–H groups in total. The molecule has 5 heteroatoms. The summed E-state index contributed by atoms with van der Waals surface area (Å²) in [5, 5.41) is -0.0819. The quantitative estimate of drug-likeness (QED) is 0.269. The van der Waals surface area contributed by atoms with Gasteiger partial charge < -0.3 is 4.74 Å². The van der Waals surface area contributed by atoms with Gasteiger partial charge in [0.2, 0.25) is 0 Å². The molecule has 29 heavy (non-hydrogen) atoms. The van der Waals surface area contributed by atoms with Crippen molar-refractivity contribution in [2.75, 3.05) is 0 Å². The number of carbonyl (C=O) groups excluding carboxylic acids is 2. The number of benzene rings is 3. The maximum Gasteiger partial charge on any atom is 0.331 e. The van der Waals surface area contributed by atoms with Crippen molar-refractivity contribution < 1.29 is 14.3 Å². The lowest BCUT2D eigenvalue weighted by Gasteiger charge is -2.24. The van der Waals surface area contributed by atoms with E-state index < -0.39 is 10.8 Å². The van der Waals surface area contributed by atoms with E-state index in [1.165, 1.54) is 6.92 Å². The van der Waals surface area contributed by atoms with Crippen LogP contribution in [0.3, 0.4) is 0 Å². The molecule has 0 saturated heterocycles. The smallest absolute Gasteiger partial charge is 0.331 e. The Balaban J connectivity index is 1.90. The van der Waals surface area contributed by atoms with Gasteiger partial charge in [0, 0.05) is 11.8 Å². The van der Waals surface area contributed by atoms with Crippen LogP contribution >= 0.6 is 23.4 Å². The Morgan fingerprint density at radius 1 is 0.931 bits per heavy atom. The number of carbonyl (C=O) groups is 2. The van der Waals surface area contributed by atoms with E-state index in [4.69, 9.17) is 16.3 Å². The minimum atomic E-state index is -1.41. The summed E-state index contributed by atoms with van der Waals surface area (Å²) < 4.78 is 5.46. The van der Waals surface area contributed by atoms with E-state index in [-0.39, 0.29) is 11.7 Å². The fourth-order valence-corrected chi connectivity index (χ4v) is 4.08. The van der Waals surface area contributed by atoms with Crippen LogP contribution in [-0.2, 0) is 25.8 Å². The summed E-state index contributed by atoms with van der Waals surface area (Å²) in [6.45, 7) is 3.23. The van der Waals surface area contributed by atoms with Gasteiger partial charge in [0.15, 0.2) is 9.99 Å². The molecule has 0 aromatic heterocycles. The van der Waals surface area contributed by atoms with Crippen molar-refractivity contribution in [2.24, 2.45) is 0 Å². The van der Waals surface area contributed by atoms with E-state index in [9.17, 15) is 9.59 Å². The van der Waals surface area contributed by atoms with Crippen molar-refractivity contribution >= 4 is 34.4 Å². The summed E-state index contributed by atoms with van der Waals surface area (Å²) in [5.74, 6) is -0.555. The molecule has 0 bridgehead atoms. The number of hydrogen-bond donors (Lipinski definition) is 0. The van der Waals surface area contributed by atoms with Crippen LogP contribution in [0.1, 0.15) is 25.0 Å². The van der Waals surface area contributed by atoms with E-state index in [2.05, 4.69) is 0 Å². The highest BCUT2D eigenvalue weighted by atomic mass is 35.5. The Hall–Kier alpha value is -2.56. The molecule has 3 aromatic rings. The van der Waals surface area contributed by atoms with Gasteiger partial charge >= 0.3 is 5.97 Å². The Morgan fingerprint density at radius 3 is 2.17 bits per heavy atom. The van der Waals surface area contributed by atoms with Crippen LogP contribution in [0.15, 0.2) is 83.8 Å². The highest BCUT2D eigenvalue weighted by Crippen LogP contribution is 2.39. The molecule has 1 atom stereocenters. The zero-order chi connectivity index (χ0) is 20.9. The lowest BCUT2D eigenvalue weighted by Crippen LogP contribution is -2.29. The molecule has 0 fully saturated rings. The number of alkyl halides is 1. The largest absolute Gasteiger partial charge is 0.459 e. The lowest BCUT2D eigenvalue weighted by atomic mass is 9.96. The molecular weight excluding hydrogens is 404 g/mol. The predicted octanol–water partition coefficient (Wildman–Crippen LogP) is 6.19. The summed E-state index contributed by atoms with van der Waals surface area (Å²) in [6.07, 6.45) is 0. The van der Waals surface area contributed by atoms with Crippen LogP contribution in [0.25, 0.3) is 11.1 Å². The van der Waals surface area contributed by atoms with Gasteiger partial charge in [-0.15, -0.1) is 11.6 Å². The molecule has 0 spiro atoms. The molecule has 148 valence electrons. The summed E-state index contributed by atoms with van der Waals surface area (Å²) in [7, 11) is 0. The first-order chi connectivity index (χ1) is 13.9. The van der Waals surface area contributed by atoms with E-state index >= 15 is 0 Å². The van der Waals surface area contributed by atoms with Crippen molar-refractivity contribution in [3.8, 4) is 11.1 Å². The number of ether oxygens (including phenoxy) is 1. The summed E-state index contributed by atoms with van der Waals surface area (Å²) in [5.41, 5.74) is 3.40. The van der Waals surface area contributed by atoms with Gasteiger partial charge in [0.25, 0.3) is 0 Å². The maximum atomic E-state index is 12.8. The van der Waals surface area contributed by atoms with Gasteiger partial charge in [-0.05, 0) is 35.2 Å². The molecule has 3 aromatic carbocycles. The number of halogens is 1. The van der Waals surface area contributed by atoms with Gasteiger partial charge in [-0.25, -0.2) is 4.79 Å². The molecule has 0 amide bonds. The van der Waals surface area contributed by atoms with E-state index in [0.717, 1.165) is 28.5 Å². The average Bonchev–Trinajstić information content (AvgIpc) is 2.72. The molecule has 3 rings (SSSR count). The second-order valence-corrected chi connectivity index (χ2v) is 8.71. The topological polar surface area (TPSA) is 43.4 Å². The molecule has 0 heterocycles. The molecule has 0 aliphatic carbocycles. The van der Waals surface area contributed by atoms with Crippen molar-refractivity contribution in [3.05, 3.63) is 90.0 Å². The fourth-order valence-electron chi connectivity index (χ4n) is 2.93. The Morgan fingerprint density at radius 2 is 1.55 bits per heavy atom. The van der Waals surface area contributed by atoms with Crippen LogP contribution in [0.2, 0.25) is 0 Å². The first kappa shape index (κ1) is 21.2. The third-order valence-electron chi connectivity index (χ3n) is 4.44. The highest BCUT2D eigenvalue weighted by Gasteiger charge is 2.37. The number of thioether (sulfide) groups is 1. The number of hydrogen-bond acceptors (Lipinski definition) is 4. The van der Waals surface area contributed by atoms with Crippen molar-refractivity contribution in [1.29, 1.82) is 0 Å². The van der Waals surface area contributed by atoms with Crippen LogP contribution in [0, 0.1) is 0 Å². The lowest BCUT2D eigenvalue weighted by molar-refractivity contribution is -0.148. The average molecular weight is 425 g/mol. The minimum Gasteiger partial charge on any atom is -0.459 e. The predicted molar refractivity (Wildman–Crippen MR) is 118 cm³/mol. The van der Waals surface area contributed by atoms with Crippen molar-refractivity contribution in [3.63, 3.8) is 0 Å². The molecule has 0 saturated carbocycles. The molecule has 0 aliphatic heterocycles. The van der Waals surface area contributed by atoms with Gasteiger partial charge in [-0.2, -0.15) is 0 Å². The standard InChI is InChI=1S/C24H21ClO3S/c1-17(26)29-22-15-20(19-11-7-4-8-12-19)13-14-21(22)24(2,25)23(27)28-16-18-9-5-3-6-10-18/h3-15H,16H2,1-2H3. The van der Waals surface area contributed by atoms with Gasteiger partial charge in [-0.3, -0.25) is 4.79 Å².